The van der Waals surface area contributed by atoms with Crippen molar-refractivity contribution in [2.24, 2.45) is 7.05 Å². The van der Waals surface area contributed by atoms with E-state index in [2.05, 4.69) is 15.2 Å². The van der Waals surface area contributed by atoms with Crippen LogP contribution in [0.15, 0.2) is 33.7 Å². The number of ether oxygens (including phenoxy) is 1. The number of nitrogens with zero attached hydrogens (tertiary/aromatic N) is 5. The van der Waals surface area contributed by atoms with Gasteiger partial charge in [0.1, 0.15) is 10.6 Å². The van der Waals surface area contributed by atoms with Crippen molar-refractivity contribution in [1.82, 2.24) is 24.2 Å². The number of hydrogen-bond acceptors (Lipinski definition) is 7. The van der Waals surface area contributed by atoms with Crippen molar-refractivity contribution in [3.05, 3.63) is 52.9 Å². The second-order valence-electron chi connectivity index (χ2n) is 7.55. The number of rotatable bonds is 6. The van der Waals surface area contributed by atoms with Crippen LogP contribution in [0, 0.1) is 20.8 Å². The monoisotopic (exact) mass is 431 g/mol. The highest BCUT2D eigenvalue weighted by Crippen LogP contribution is 2.36. The summed E-state index contributed by atoms with van der Waals surface area (Å²) in [6.45, 7) is 6.00. The first-order valence-electron chi connectivity index (χ1n) is 9.81. The first kappa shape index (κ1) is 20.5. The van der Waals surface area contributed by atoms with Crippen LogP contribution in [0.1, 0.15) is 47.5 Å². The maximum Gasteiger partial charge on any atom is 0.264 e. The number of aromatic nitrogens is 4. The van der Waals surface area contributed by atoms with E-state index in [0.29, 0.717) is 41.8 Å². The maximum atomic E-state index is 13.4. The Labute approximate surface area is 175 Å². The van der Waals surface area contributed by atoms with Crippen LogP contribution in [0.2, 0.25) is 0 Å². The topological polar surface area (TPSA) is 103 Å². The van der Waals surface area contributed by atoms with Gasteiger partial charge in [-0.1, -0.05) is 22.9 Å². The van der Waals surface area contributed by atoms with Gasteiger partial charge >= 0.3 is 0 Å². The van der Waals surface area contributed by atoms with Crippen LogP contribution in [0.25, 0.3) is 0 Å². The lowest BCUT2D eigenvalue weighted by Gasteiger charge is -2.21. The molecule has 30 heavy (non-hydrogen) atoms. The summed E-state index contributed by atoms with van der Waals surface area (Å²) in [6.07, 6.45) is 1.36. The Balaban J connectivity index is 1.53. The molecule has 0 aliphatic carbocycles. The molecule has 0 amide bonds. The Morgan fingerprint density at radius 1 is 1.20 bits per heavy atom. The van der Waals surface area contributed by atoms with E-state index in [1.807, 2.05) is 31.2 Å². The van der Waals surface area contributed by atoms with Gasteiger partial charge in [-0.15, -0.1) is 0 Å². The van der Waals surface area contributed by atoms with Crippen molar-refractivity contribution >= 4 is 10.0 Å². The highest BCUT2D eigenvalue weighted by atomic mass is 32.2. The fourth-order valence-electron chi connectivity index (χ4n) is 3.77. The molecule has 0 spiro atoms. The molecule has 10 heteroatoms. The molecule has 1 aliphatic rings. The van der Waals surface area contributed by atoms with E-state index in [9.17, 15) is 8.42 Å². The first-order valence-corrected chi connectivity index (χ1v) is 11.3. The summed E-state index contributed by atoms with van der Waals surface area (Å²) < 4.78 is 40.8. The average molecular weight is 432 g/mol. The predicted octanol–water partition coefficient (Wildman–Crippen LogP) is 2.83. The van der Waals surface area contributed by atoms with E-state index in [1.165, 1.54) is 4.31 Å². The third kappa shape index (κ3) is 3.72. The number of hydrogen-bond donors (Lipinski definition) is 0. The zero-order chi connectivity index (χ0) is 21.5. The van der Waals surface area contributed by atoms with Crippen LogP contribution in [0.3, 0.4) is 0 Å². The van der Waals surface area contributed by atoms with Crippen molar-refractivity contribution in [2.75, 3.05) is 6.54 Å². The predicted molar refractivity (Wildman–Crippen MR) is 108 cm³/mol. The molecule has 1 fully saturated rings. The van der Waals surface area contributed by atoms with Gasteiger partial charge in [-0.25, -0.2) is 8.42 Å². The Morgan fingerprint density at radius 3 is 2.60 bits per heavy atom. The standard InChI is InChI=1S/C20H25N5O4S/c1-13-7-9-16(10-8-13)28-12-18-21-20(23-29-18)17-6-5-11-25(17)30(26,27)19-14(2)22-24(4)15(19)3/h7-10,17H,5-6,11-12H2,1-4H3. The number of sulfonamides is 1. The summed E-state index contributed by atoms with van der Waals surface area (Å²) in [6, 6.07) is 7.19. The Morgan fingerprint density at radius 2 is 1.93 bits per heavy atom. The molecule has 4 rings (SSSR count). The molecule has 0 saturated carbocycles. The molecule has 1 atom stereocenters. The number of aryl methyl sites for hydroxylation is 3. The van der Waals surface area contributed by atoms with Crippen LogP contribution >= 0.6 is 0 Å². The zero-order valence-corrected chi connectivity index (χ0v) is 18.3. The Bertz CT molecular complexity index is 1150. The lowest BCUT2D eigenvalue weighted by Crippen LogP contribution is -2.32. The quantitative estimate of drug-likeness (QED) is 0.591. The van der Waals surface area contributed by atoms with E-state index in [0.717, 1.165) is 12.0 Å². The minimum Gasteiger partial charge on any atom is -0.484 e. The molecule has 2 aromatic heterocycles. The van der Waals surface area contributed by atoms with E-state index >= 15 is 0 Å². The third-order valence-corrected chi connectivity index (χ3v) is 7.54. The average Bonchev–Trinajstić information content (AvgIpc) is 3.41. The van der Waals surface area contributed by atoms with E-state index in [1.54, 1.807) is 25.6 Å². The zero-order valence-electron chi connectivity index (χ0n) is 17.5. The molecule has 3 heterocycles. The number of benzene rings is 1. The highest BCUT2D eigenvalue weighted by molar-refractivity contribution is 7.89. The largest absolute Gasteiger partial charge is 0.484 e. The van der Waals surface area contributed by atoms with Gasteiger partial charge in [0.05, 0.1) is 17.4 Å². The van der Waals surface area contributed by atoms with Gasteiger partial charge < -0.3 is 9.26 Å². The molecule has 1 aliphatic heterocycles. The van der Waals surface area contributed by atoms with Crippen molar-refractivity contribution in [2.45, 2.75) is 51.2 Å². The van der Waals surface area contributed by atoms with Crippen LogP contribution in [0.5, 0.6) is 5.75 Å². The third-order valence-electron chi connectivity index (χ3n) is 5.38. The summed E-state index contributed by atoms with van der Waals surface area (Å²) in [5.41, 5.74) is 2.24. The molecule has 0 bridgehead atoms. The van der Waals surface area contributed by atoms with Crippen LogP contribution in [0.4, 0.5) is 0 Å². The SMILES string of the molecule is Cc1ccc(OCc2nc(C3CCCN3S(=O)(=O)c3c(C)nn(C)c3C)no2)cc1. The fraction of sp³-hybridized carbons (Fsp3) is 0.450. The molecule has 1 saturated heterocycles. The smallest absolute Gasteiger partial charge is 0.264 e. The van der Waals surface area contributed by atoms with Gasteiger partial charge in [-0.3, -0.25) is 4.68 Å². The minimum absolute atomic E-state index is 0.121. The second-order valence-corrected chi connectivity index (χ2v) is 9.37. The van der Waals surface area contributed by atoms with Gasteiger partial charge in [0, 0.05) is 13.6 Å². The van der Waals surface area contributed by atoms with Crippen LogP contribution < -0.4 is 4.74 Å². The maximum absolute atomic E-state index is 13.4. The van der Waals surface area contributed by atoms with Gasteiger partial charge in [-0.05, 0) is 45.7 Å². The van der Waals surface area contributed by atoms with E-state index < -0.39 is 16.1 Å². The molecule has 160 valence electrons. The van der Waals surface area contributed by atoms with E-state index in [4.69, 9.17) is 9.26 Å². The van der Waals surface area contributed by atoms with Crippen molar-refractivity contribution < 1.29 is 17.7 Å². The normalized spacial score (nSPS) is 17.5. The summed E-state index contributed by atoms with van der Waals surface area (Å²) >= 11 is 0. The molecule has 3 aromatic rings. The molecule has 0 N–H and O–H groups in total. The van der Waals surface area contributed by atoms with Gasteiger partial charge in [0.15, 0.2) is 12.4 Å². The van der Waals surface area contributed by atoms with Crippen LogP contribution in [-0.2, 0) is 23.7 Å². The molecular formula is C20H25N5O4S. The van der Waals surface area contributed by atoms with Crippen LogP contribution in [-0.4, -0.2) is 39.2 Å². The highest BCUT2D eigenvalue weighted by Gasteiger charge is 2.41. The molecular weight excluding hydrogens is 406 g/mol. The molecule has 1 unspecified atom stereocenters. The van der Waals surface area contributed by atoms with Crippen molar-refractivity contribution in [3.8, 4) is 5.75 Å². The summed E-state index contributed by atoms with van der Waals surface area (Å²) in [5.74, 6) is 1.37. The molecule has 9 nitrogen and oxygen atoms in total. The first-order chi connectivity index (χ1) is 14.3. The van der Waals surface area contributed by atoms with Gasteiger partial charge in [0.25, 0.3) is 5.89 Å². The Hall–Kier alpha value is -2.72. The van der Waals surface area contributed by atoms with Gasteiger partial charge in [-0.2, -0.15) is 14.4 Å². The molecule has 0 radical (unpaired) electrons. The van der Waals surface area contributed by atoms with E-state index in [-0.39, 0.29) is 11.5 Å². The molecule has 1 aromatic carbocycles. The lowest BCUT2D eigenvalue weighted by molar-refractivity contribution is 0.241. The Kier molecular flexibility index (Phi) is 5.37. The second kappa shape index (κ2) is 7.84. The van der Waals surface area contributed by atoms with Gasteiger partial charge in [0.2, 0.25) is 10.0 Å². The minimum atomic E-state index is -3.73. The summed E-state index contributed by atoms with van der Waals surface area (Å²) in [5, 5.41) is 8.29. The fourth-order valence-corrected chi connectivity index (χ4v) is 5.83. The van der Waals surface area contributed by atoms with Crippen molar-refractivity contribution in [1.29, 1.82) is 0 Å². The van der Waals surface area contributed by atoms with Crippen molar-refractivity contribution in [3.63, 3.8) is 0 Å². The summed E-state index contributed by atoms with van der Waals surface area (Å²) in [7, 11) is -1.99. The summed E-state index contributed by atoms with van der Waals surface area (Å²) in [4.78, 5) is 4.66. The lowest BCUT2D eigenvalue weighted by atomic mass is 10.2.